The third kappa shape index (κ3) is 4.13. The number of amides is 1. The first kappa shape index (κ1) is 19.1. The molecular weight excluding hydrogens is 406 g/mol. The number of fused-ring (bicyclic) bond motifs is 1. The number of aromatic nitrogens is 2. The quantitative estimate of drug-likeness (QED) is 0.291. The summed E-state index contributed by atoms with van der Waals surface area (Å²) in [6.07, 6.45) is 0. The summed E-state index contributed by atoms with van der Waals surface area (Å²) in [6.45, 7) is 0. The Morgan fingerprint density at radius 2 is 1.62 bits per heavy atom. The first-order chi connectivity index (χ1) is 14.1. The molecule has 0 unspecified atom stereocenters. The van der Waals surface area contributed by atoms with E-state index < -0.39 is 5.91 Å². The summed E-state index contributed by atoms with van der Waals surface area (Å²) in [5, 5.41) is 2.03. The molecule has 8 heteroatoms. The zero-order chi connectivity index (χ0) is 20.2. The number of carbonyl (C=O) groups is 2. The summed E-state index contributed by atoms with van der Waals surface area (Å²) in [7, 11) is 0. The fraction of sp³-hybridized carbons (Fsp3) is 0.0476. The van der Waals surface area contributed by atoms with E-state index in [1.54, 1.807) is 66.0 Å². The van der Waals surface area contributed by atoms with Gasteiger partial charge in [-0.25, -0.2) is 4.98 Å². The Hall–Kier alpha value is -3.23. The lowest BCUT2D eigenvalue weighted by atomic mass is 10.2. The van der Waals surface area contributed by atoms with Crippen LogP contribution in [0.3, 0.4) is 0 Å². The van der Waals surface area contributed by atoms with Gasteiger partial charge in [0.25, 0.3) is 11.5 Å². The van der Waals surface area contributed by atoms with Gasteiger partial charge in [0.1, 0.15) is 4.70 Å². The number of ketones is 1. The minimum atomic E-state index is -0.429. The fourth-order valence-corrected chi connectivity index (χ4v) is 4.29. The largest absolute Gasteiger partial charge is 0.293 e. The summed E-state index contributed by atoms with van der Waals surface area (Å²) in [5.41, 5.74) is 3.79. The van der Waals surface area contributed by atoms with E-state index in [0.717, 1.165) is 16.4 Å². The molecule has 144 valence electrons. The van der Waals surface area contributed by atoms with Gasteiger partial charge in [-0.1, -0.05) is 60.3 Å². The van der Waals surface area contributed by atoms with Crippen LogP contribution in [0.15, 0.2) is 82.1 Å². The molecule has 2 heterocycles. The van der Waals surface area contributed by atoms with E-state index in [1.807, 2.05) is 6.07 Å². The number of nitrogens with one attached hydrogen (secondary N) is 1. The van der Waals surface area contributed by atoms with Crippen molar-refractivity contribution in [2.45, 2.75) is 5.16 Å². The first-order valence-electron chi connectivity index (χ1n) is 8.71. The second-order valence-electron chi connectivity index (χ2n) is 6.05. The van der Waals surface area contributed by atoms with Gasteiger partial charge in [-0.3, -0.25) is 19.8 Å². The summed E-state index contributed by atoms with van der Waals surface area (Å²) >= 11 is 2.37. The van der Waals surface area contributed by atoms with Gasteiger partial charge in [0, 0.05) is 11.1 Å². The van der Waals surface area contributed by atoms with Crippen molar-refractivity contribution in [3.63, 3.8) is 0 Å². The summed E-state index contributed by atoms with van der Waals surface area (Å²) in [5.74, 6) is -0.425. The summed E-state index contributed by atoms with van der Waals surface area (Å²) in [4.78, 5) is 42.4. The number of hydrogen-bond donors (Lipinski definition) is 1. The highest BCUT2D eigenvalue weighted by atomic mass is 32.2. The minimum Gasteiger partial charge on any atom is -0.293 e. The number of rotatable bonds is 6. The summed E-state index contributed by atoms with van der Waals surface area (Å²) < 4.78 is 1.56. The Balaban J connectivity index is 1.65. The van der Waals surface area contributed by atoms with Gasteiger partial charge >= 0.3 is 0 Å². The van der Waals surface area contributed by atoms with Gasteiger partial charge in [0.2, 0.25) is 0 Å². The molecule has 0 spiro atoms. The maximum absolute atomic E-state index is 12.9. The number of thioether (sulfide) groups is 1. The number of carbonyl (C=O) groups excluding carboxylic acids is 2. The SMILES string of the molecule is O=C(CSc1nc2ccsc2c(=O)n1NC(=O)c1ccccc1)c1ccccc1. The number of benzene rings is 2. The topological polar surface area (TPSA) is 81.1 Å². The molecule has 0 bridgehead atoms. The first-order valence-corrected chi connectivity index (χ1v) is 10.6. The van der Waals surface area contributed by atoms with Crippen molar-refractivity contribution < 1.29 is 9.59 Å². The van der Waals surface area contributed by atoms with Crippen LogP contribution in [0, 0.1) is 0 Å². The Bertz CT molecular complexity index is 1230. The molecule has 2 aromatic heterocycles. The van der Waals surface area contributed by atoms with Crippen LogP contribution in [0.1, 0.15) is 20.7 Å². The van der Waals surface area contributed by atoms with Gasteiger partial charge in [0.15, 0.2) is 10.9 Å². The minimum absolute atomic E-state index is 0.0869. The Kier molecular flexibility index (Phi) is 5.55. The zero-order valence-corrected chi connectivity index (χ0v) is 16.7. The molecule has 6 nitrogen and oxygen atoms in total. The molecule has 1 N–H and O–H groups in total. The Labute approximate surface area is 174 Å². The highest BCUT2D eigenvalue weighted by Gasteiger charge is 2.17. The van der Waals surface area contributed by atoms with E-state index in [4.69, 9.17) is 0 Å². The standard InChI is InChI=1S/C21H15N3O3S2/c25-17(14-7-3-1-4-8-14)13-29-21-22-16-11-12-28-18(16)20(27)24(21)23-19(26)15-9-5-2-6-10-15/h1-12H,13H2,(H,23,26). The maximum atomic E-state index is 12.9. The Morgan fingerprint density at radius 1 is 0.966 bits per heavy atom. The normalized spacial score (nSPS) is 10.8. The van der Waals surface area contributed by atoms with Crippen LogP contribution in [0.2, 0.25) is 0 Å². The van der Waals surface area contributed by atoms with Crippen molar-refractivity contribution >= 4 is 45.0 Å². The van der Waals surface area contributed by atoms with Crippen molar-refractivity contribution in [2.24, 2.45) is 0 Å². The lowest BCUT2D eigenvalue weighted by molar-refractivity contribution is 0.100. The third-order valence-corrected chi connectivity index (χ3v) is 5.96. The lowest BCUT2D eigenvalue weighted by Crippen LogP contribution is -2.34. The molecule has 4 rings (SSSR count). The highest BCUT2D eigenvalue weighted by molar-refractivity contribution is 7.99. The van der Waals surface area contributed by atoms with E-state index in [0.29, 0.717) is 21.3 Å². The van der Waals surface area contributed by atoms with Crippen LogP contribution in [0.5, 0.6) is 0 Å². The molecule has 4 aromatic rings. The van der Waals surface area contributed by atoms with E-state index >= 15 is 0 Å². The monoisotopic (exact) mass is 421 g/mol. The van der Waals surface area contributed by atoms with Gasteiger partial charge in [-0.15, -0.1) is 11.3 Å². The van der Waals surface area contributed by atoms with Crippen molar-refractivity contribution in [2.75, 3.05) is 11.2 Å². The van der Waals surface area contributed by atoms with Gasteiger partial charge in [-0.05, 0) is 23.6 Å². The van der Waals surface area contributed by atoms with Crippen LogP contribution >= 0.6 is 23.1 Å². The number of hydrogen-bond acceptors (Lipinski definition) is 6. The van der Waals surface area contributed by atoms with Crippen LogP contribution in [-0.2, 0) is 0 Å². The van der Waals surface area contributed by atoms with Crippen molar-refractivity contribution in [1.82, 2.24) is 9.66 Å². The molecule has 29 heavy (non-hydrogen) atoms. The van der Waals surface area contributed by atoms with Crippen LogP contribution < -0.4 is 11.0 Å². The van der Waals surface area contributed by atoms with E-state index in [9.17, 15) is 14.4 Å². The second-order valence-corrected chi connectivity index (χ2v) is 7.91. The molecule has 0 fully saturated rings. The molecule has 0 aliphatic carbocycles. The predicted molar refractivity (Wildman–Crippen MR) is 116 cm³/mol. The molecule has 2 aromatic carbocycles. The van der Waals surface area contributed by atoms with Gasteiger partial charge in [-0.2, -0.15) is 4.68 Å². The molecule has 0 atom stereocenters. The van der Waals surface area contributed by atoms with Crippen LogP contribution in [0.25, 0.3) is 10.2 Å². The van der Waals surface area contributed by atoms with Crippen molar-refractivity contribution in [1.29, 1.82) is 0 Å². The summed E-state index contributed by atoms with van der Waals surface area (Å²) in [6, 6.07) is 19.3. The number of thiophene rings is 1. The number of nitrogens with zero attached hydrogens (tertiary/aromatic N) is 2. The molecule has 0 radical (unpaired) electrons. The molecule has 0 saturated carbocycles. The van der Waals surface area contributed by atoms with Crippen LogP contribution in [-0.4, -0.2) is 27.1 Å². The molecule has 1 amide bonds. The van der Waals surface area contributed by atoms with E-state index in [1.165, 1.54) is 11.3 Å². The third-order valence-electron chi connectivity index (χ3n) is 4.13. The average Bonchev–Trinajstić information content (AvgIpc) is 3.24. The molecule has 0 aliphatic rings. The molecule has 0 saturated heterocycles. The van der Waals surface area contributed by atoms with Gasteiger partial charge < -0.3 is 0 Å². The maximum Gasteiger partial charge on any atom is 0.291 e. The average molecular weight is 422 g/mol. The Morgan fingerprint density at radius 3 is 2.31 bits per heavy atom. The predicted octanol–water partition coefficient (Wildman–Crippen LogP) is 3.82. The highest BCUT2D eigenvalue weighted by Crippen LogP contribution is 2.21. The van der Waals surface area contributed by atoms with Gasteiger partial charge in [0.05, 0.1) is 11.3 Å². The molecular formula is C21H15N3O3S2. The van der Waals surface area contributed by atoms with E-state index in [2.05, 4.69) is 10.4 Å². The van der Waals surface area contributed by atoms with Crippen molar-refractivity contribution in [3.05, 3.63) is 93.6 Å². The lowest BCUT2D eigenvalue weighted by Gasteiger charge is -2.13. The van der Waals surface area contributed by atoms with Crippen LogP contribution in [0.4, 0.5) is 0 Å². The smallest absolute Gasteiger partial charge is 0.291 e. The second kappa shape index (κ2) is 8.42. The zero-order valence-electron chi connectivity index (χ0n) is 15.1. The molecule has 0 aliphatic heterocycles. The van der Waals surface area contributed by atoms with Crippen molar-refractivity contribution in [3.8, 4) is 0 Å². The number of Topliss-reactive ketones (excluding diaryl/α,β-unsaturated/α-hetero) is 1. The van der Waals surface area contributed by atoms with E-state index in [-0.39, 0.29) is 22.3 Å². The fourth-order valence-electron chi connectivity index (χ4n) is 2.68.